The highest BCUT2D eigenvalue weighted by molar-refractivity contribution is 6.30. The zero-order valence-electron chi connectivity index (χ0n) is 14.1. The molecule has 1 aliphatic carbocycles. The van der Waals surface area contributed by atoms with E-state index in [2.05, 4.69) is 4.98 Å². The number of likely N-dealkylation sites (tertiary alicyclic amines) is 1. The van der Waals surface area contributed by atoms with Crippen molar-refractivity contribution in [1.82, 2.24) is 9.88 Å². The first-order valence-corrected chi connectivity index (χ1v) is 9.15. The molecule has 0 bridgehead atoms. The topological polar surface area (TPSA) is 59.5 Å². The van der Waals surface area contributed by atoms with E-state index in [4.69, 9.17) is 16.3 Å². The molecule has 1 saturated heterocycles. The van der Waals surface area contributed by atoms with Gasteiger partial charge in [-0.25, -0.2) is 4.79 Å². The Hall–Kier alpha value is -2.40. The fourth-order valence-electron chi connectivity index (χ4n) is 4.32. The molecule has 0 N–H and O–H groups in total. The van der Waals surface area contributed by atoms with Gasteiger partial charge in [0.15, 0.2) is 5.60 Å². The van der Waals surface area contributed by atoms with Gasteiger partial charge in [-0.2, -0.15) is 0 Å². The Labute approximate surface area is 155 Å². The number of amides is 1. The summed E-state index contributed by atoms with van der Waals surface area (Å²) in [5, 5.41) is 0.667. The normalized spacial score (nSPS) is 25.3. The van der Waals surface area contributed by atoms with Crippen LogP contribution >= 0.6 is 11.6 Å². The minimum atomic E-state index is -0.721. The number of carbonyl (C=O) groups is 2. The van der Waals surface area contributed by atoms with E-state index in [1.807, 2.05) is 35.2 Å². The molecule has 1 spiro atoms. The minimum Gasteiger partial charge on any atom is -0.449 e. The number of esters is 1. The lowest BCUT2D eigenvalue weighted by Crippen LogP contribution is -2.40. The van der Waals surface area contributed by atoms with Crippen LogP contribution in [0.5, 0.6) is 0 Å². The van der Waals surface area contributed by atoms with Crippen LogP contribution in [0.15, 0.2) is 42.7 Å². The molecule has 5 nitrogen and oxygen atoms in total. The summed E-state index contributed by atoms with van der Waals surface area (Å²) in [6.07, 6.45) is 5.53. The number of rotatable bonds is 2. The first-order valence-electron chi connectivity index (χ1n) is 8.77. The zero-order valence-corrected chi connectivity index (χ0v) is 14.8. The monoisotopic (exact) mass is 368 g/mol. The van der Waals surface area contributed by atoms with Crippen molar-refractivity contribution in [3.05, 3.63) is 64.4 Å². The van der Waals surface area contributed by atoms with Crippen molar-refractivity contribution >= 4 is 23.5 Å². The molecule has 1 aromatic heterocycles. The van der Waals surface area contributed by atoms with Crippen LogP contribution in [0.25, 0.3) is 0 Å². The number of carbonyl (C=O) groups excluding carboxylic acids is 2. The Morgan fingerprint density at radius 2 is 1.92 bits per heavy atom. The molecule has 3 aliphatic rings. The van der Waals surface area contributed by atoms with Gasteiger partial charge in [-0.1, -0.05) is 23.7 Å². The zero-order chi connectivity index (χ0) is 17.9. The second kappa shape index (κ2) is 5.30. The molecule has 1 aromatic carbocycles. The van der Waals surface area contributed by atoms with E-state index in [1.54, 1.807) is 12.4 Å². The highest BCUT2D eigenvalue weighted by atomic mass is 35.5. The summed E-state index contributed by atoms with van der Waals surface area (Å²) in [7, 11) is 0. The second-order valence-electron chi connectivity index (χ2n) is 7.37. The van der Waals surface area contributed by atoms with E-state index in [1.165, 1.54) is 0 Å². The fraction of sp³-hybridized carbons (Fsp3) is 0.350. The fourth-order valence-corrected chi connectivity index (χ4v) is 4.45. The number of benzene rings is 1. The average Bonchev–Trinajstić information content (AvgIpc) is 3.28. The Morgan fingerprint density at radius 1 is 1.15 bits per heavy atom. The number of nitrogens with zero attached hydrogens (tertiary/aromatic N) is 2. The third kappa shape index (κ3) is 2.13. The predicted molar refractivity (Wildman–Crippen MR) is 94.9 cm³/mol. The molecule has 0 radical (unpaired) electrons. The van der Waals surface area contributed by atoms with Gasteiger partial charge < -0.3 is 9.64 Å². The van der Waals surface area contributed by atoms with Crippen LogP contribution in [-0.4, -0.2) is 34.8 Å². The van der Waals surface area contributed by atoms with E-state index in [0.29, 0.717) is 30.1 Å². The summed E-state index contributed by atoms with van der Waals surface area (Å²) in [6, 6.07) is 9.38. The first-order chi connectivity index (χ1) is 12.5. The maximum absolute atomic E-state index is 13.3. The van der Waals surface area contributed by atoms with Crippen LogP contribution in [0.2, 0.25) is 5.02 Å². The van der Waals surface area contributed by atoms with E-state index < -0.39 is 11.0 Å². The SMILES string of the molecule is O=C1O[C@]2(CCN(C(=O)C3(c4ccc(Cl)cc4)CC3)C2)c2ccncc21. The van der Waals surface area contributed by atoms with Gasteiger partial charge in [0.05, 0.1) is 17.5 Å². The van der Waals surface area contributed by atoms with Crippen molar-refractivity contribution in [3.8, 4) is 0 Å². The maximum Gasteiger partial charge on any atom is 0.341 e. The minimum absolute atomic E-state index is 0.121. The highest BCUT2D eigenvalue weighted by Gasteiger charge is 2.57. The quantitative estimate of drug-likeness (QED) is 0.764. The standard InChI is InChI=1S/C20H17ClN2O3/c21-14-3-1-13(2-4-14)19(6-7-19)18(25)23-10-8-20(12-23)16-5-9-22-11-15(16)17(24)26-20/h1-5,9,11H,6-8,10,12H2/t20-/m0/s1. The summed E-state index contributed by atoms with van der Waals surface area (Å²) >= 11 is 5.98. The van der Waals surface area contributed by atoms with Gasteiger partial charge in [-0.3, -0.25) is 9.78 Å². The van der Waals surface area contributed by atoms with Gasteiger partial charge in [0.1, 0.15) is 0 Å². The predicted octanol–water partition coefficient (Wildman–Crippen LogP) is 3.06. The smallest absolute Gasteiger partial charge is 0.341 e. The van der Waals surface area contributed by atoms with Crippen molar-refractivity contribution < 1.29 is 14.3 Å². The third-order valence-electron chi connectivity index (χ3n) is 5.90. The van der Waals surface area contributed by atoms with Crippen LogP contribution in [0.4, 0.5) is 0 Å². The molecule has 3 heterocycles. The lowest BCUT2D eigenvalue weighted by Gasteiger charge is -2.26. The Bertz CT molecular complexity index is 923. The van der Waals surface area contributed by atoms with Gasteiger partial charge >= 0.3 is 5.97 Å². The molecule has 2 aromatic rings. The van der Waals surface area contributed by atoms with E-state index >= 15 is 0 Å². The van der Waals surface area contributed by atoms with Crippen LogP contribution < -0.4 is 0 Å². The van der Waals surface area contributed by atoms with Crippen LogP contribution in [0.1, 0.15) is 40.7 Å². The molecule has 26 heavy (non-hydrogen) atoms. The Kier molecular flexibility index (Phi) is 3.23. The van der Waals surface area contributed by atoms with Crippen LogP contribution in [0.3, 0.4) is 0 Å². The Balaban J connectivity index is 1.43. The molecule has 2 aliphatic heterocycles. The van der Waals surface area contributed by atoms with Crippen LogP contribution in [-0.2, 0) is 20.5 Å². The third-order valence-corrected chi connectivity index (χ3v) is 6.15. The number of hydrogen-bond acceptors (Lipinski definition) is 4. The molecule has 2 fully saturated rings. The van der Waals surface area contributed by atoms with Crippen molar-refractivity contribution in [2.45, 2.75) is 30.3 Å². The number of ether oxygens (including phenoxy) is 1. The Morgan fingerprint density at radius 3 is 2.65 bits per heavy atom. The van der Waals surface area contributed by atoms with Crippen molar-refractivity contribution in [1.29, 1.82) is 0 Å². The van der Waals surface area contributed by atoms with E-state index in [9.17, 15) is 9.59 Å². The van der Waals surface area contributed by atoms with Crippen molar-refractivity contribution in [3.63, 3.8) is 0 Å². The summed E-state index contributed by atoms with van der Waals surface area (Å²) in [6.45, 7) is 0.993. The summed E-state index contributed by atoms with van der Waals surface area (Å²) in [4.78, 5) is 31.3. The van der Waals surface area contributed by atoms with Crippen molar-refractivity contribution in [2.24, 2.45) is 0 Å². The number of pyridine rings is 1. The molecule has 1 amide bonds. The van der Waals surface area contributed by atoms with Gasteiger partial charge in [0.2, 0.25) is 5.91 Å². The van der Waals surface area contributed by atoms with Gasteiger partial charge in [0.25, 0.3) is 0 Å². The molecule has 132 valence electrons. The first kappa shape index (κ1) is 15.8. The van der Waals surface area contributed by atoms with E-state index in [-0.39, 0.29) is 11.9 Å². The van der Waals surface area contributed by atoms with Crippen LogP contribution in [0, 0.1) is 0 Å². The molecule has 0 unspecified atom stereocenters. The average molecular weight is 369 g/mol. The summed E-state index contributed by atoms with van der Waals surface area (Å²) in [5.41, 5.74) is 1.21. The summed E-state index contributed by atoms with van der Waals surface area (Å²) in [5.74, 6) is -0.225. The molecule has 5 rings (SSSR count). The van der Waals surface area contributed by atoms with Gasteiger partial charge in [0, 0.05) is 35.9 Å². The molecular weight excluding hydrogens is 352 g/mol. The largest absolute Gasteiger partial charge is 0.449 e. The maximum atomic E-state index is 13.3. The second-order valence-corrected chi connectivity index (χ2v) is 7.81. The molecular formula is C20H17ClN2O3. The molecule has 6 heteroatoms. The number of aromatic nitrogens is 1. The number of halogens is 1. The lowest BCUT2D eigenvalue weighted by atomic mass is 9.92. The van der Waals surface area contributed by atoms with Gasteiger partial charge in [-0.15, -0.1) is 0 Å². The molecule has 1 atom stereocenters. The number of hydrogen-bond donors (Lipinski definition) is 0. The molecule has 1 saturated carbocycles. The highest BCUT2D eigenvalue weighted by Crippen LogP contribution is 2.52. The number of fused-ring (bicyclic) bond motifs is 2. The van der Waals surface area contributed by atoms with E-state index in [0.717, 1.165) is 24.0 Å². The van der Waals surface area contributed by atoms with Gasteiger partial charge in [-0.05, 0) is 36.6 Å². The lowest BCUT2D eigenvalue weighted by molar-refractivity contribution is -0.134. The summed E-state index contributed by atoms with van der Waals surface area (Å²) < 4.78 is 5.72. The van der Waals surface area contributed by atoms with Crippen molar-refractivity contribution in [2.75, 3.05) is 13.1 Å².